The third-order valence-electron chi connectivity index (χ3n) is 6.17. The van der Waals surface area contributed by atoms with Gasteiger partial charge in [-0.15, -0.1) is 0 Å². The molecule has 0 spiro atoms. The van der Waals surface area contributed by atoms with Crippen LogP contribution in [-0.4, -0.2) is 32.0 Å². The summed E-state index contributed by atoms with van der Waals surface area (Å²) >= 11 is 3.36. The molecule has 0 saturated heterocycles. The highest BCUT2D eigenvalue weighted by Crippen LogP contribution is 2.30. The normalized spacial score (nSPS) is 17.4. The van der Waals surface area contributed by atoms with Gasteiger partial charge in [-0.1, -0.05) is 12.1 Å². The van der Waals surface area contributed by atoms with Crippen LogP contribution in [-0.2, 0) is 5.60 Å². The Morgan fingerprint density at radius 1 is 1.19 bits per heavy atom. The number of aryl methyl sites for hydroxylation is 3. The highest BCUT2D eigenvalue weighted by molar-refractivity contribution is 9.10. The lowest BCUT2D eigenvalue weighted by Crippen LogP contribution is -2.43. The first kappa shape index (κ1) is 26.8. The number of alkyl halides is 1. The summed E-state index contributed by atoms with van der Waals surface area (Å²) in [5.74, 6) is -1.62. The maximum Gasteiger partial charge on any atom is 0.273 e. The van der Waals surface area contributed by atoms with Crippen molar-refractivity contribution >= 4 is 15.9 Å². The molecule has 3 aromatic rings. The highest BCUT2D eigenvalue weighted by Gasteiger charge is 2.29. The van der Waals surface area contributed by atoms with E-state index in [0.29, 0.717) is 28.5 Å². The molecule has 0 bridgehead atoms. The number of halogens is 2. The lowest BCUT2D eigenvalue weighted by atomic mass is 10.0. The van der Waals surface area contributed by atoms with Crippen LogP contribution in [0.15, 0.2) is 63.7 Å². The maximum atomic E-state index is 15.0. The third-order valence-corrected chi connectivity index (χ3v) is 6.90. The summed E-state index contributed by atoms with van der Waals surface area (Å²) in [6, 6.07) is 7.18. The summed E-state index contributed by atoms with van der Waals surface area (Å²) in [5.41, 5.74) is 4.07. The monoisotopic (exact) mass is 568 g/mol. The maximum absolute atomic E-state index is 15.0. The Kier molecular flexibility index (Phi) is 7.14. The van der Waals surface area contributed by atoms with E-state index in [0.717, 1.165) is 16.7 Å². The molecule has 0 aliphatic carbocycles. The molecule has 1 unspecified atom stereocenters. The third kappa shape index (κ3) is 5.52. The summed E-state index contributed by atoms with van der Waals surface area (Å²) in [5, 5.41) is 13.1. The molecule has 37 heavy (non-hydrogen) atoms. The van der Waals surface area contributed by atoms with Crippen LogP contribution in [0.4, 0.5) is 4.39 Å². The summed E-state index contributed by atoms with van der Waals surface area (Å²) in [6.45, 7) is 10.5. The largest absolute Gasteiger partial charge is 0.486 e. The second-order valence-corrected chi connectivity index (χ2v) is 10.7. The van der Waals surface area contributed by atoms with Crippen LogP contribution in [0.1, 0.15) is 43.3 Å². The van der Waals surface area contributed by atoms with Gasteiger partial charge < -0.3 is 15.2 Å². The van der Waals surface area contributed by atoms with E-state index in [9.17, 15) is 9.90 Å². The van der Waals surface area contributed by atoms with E-state index in [1.807, 2.05) is 32.9 Å². The Morgan fingerprint density at radius 3 is 2.57 bits per heavy atom. The number of aromatic nitrogens is 3. The van der Waals surface area contributed by atoms with Crippen LogP contribution in [0.5, 0.6) is 5.75 Å². The second kappa shape index (κ2) is 9.87. The van der Waals surface area contributed by atoms with Gasteiger partial charge in [0.25, 0.3) is 5.56 Å². The van der Waals surface area contributed by atoms with Gasteiger partial charge in [0.05, 0.1) is 22.8 Å². The van der Waals surface area contributed by atoms with Gasteiger partial charge in [0.2, 0.25) is 5.79 Å². The number of rotatable bonds is 6. The molecule has 1 aliphatic heterocycles. The molecule has 0 radical (unpaired) electrons. The van der Waals surface area contributed by atoms with Crippen molar-refractivity contribution in [1.82, 2.24) is 19.9 Å². The minimum absolute atomic E-state index is 0.185. The Balaban J connectivity index is 1.72. The zero-order valence-electron chi connectivity index (χ0n) is 21.7. The smallest absolute Gasteiger partial charge is 0.273 e. The number of aliphatic hydroxyl groups is 1. The fourth-order valence-corrected chi connectivity index (χ4v) is 4.37. The van der Waals surface area contributed by atoms with E-state index in [2.05, 4.69) is 31.2 Å². The Morgan fingerprint density at radius 2 is 1.92 bits per heavy atom. The SMILES string of the molecule is CC1=CNC(F)(COc2cc(C)n(-c3cc(-c4nc(C(C)(C)O)ccc4C)ncc3C)c(=O)c2Br)C=C1. The molecule has 0 aromatic carbocycles. The van der Waals surface area contributed by atoms with Crippen molar-refractivity contribution < 1.29 is 14.2 Å². The molecule has 9 heteroatoms. The molecule has 4 rings (SSSR count). The Labute approximate surface area is 223 Å². The molecule has 194 valence electrons. The Hall–Kier alpha value is -3.30. The lowest BCUT2D eigenvalue weighted by Gasteiger charge is -2.26. The van der Waals surface area contributed by atoms with Crippen molar-refractivity contribution in [3.05, 3.63) is 91.7 Å². The van der Waals surface area contributed by atoms with Crippen LogP contribution in [0, 0.1) is 20.8 Å². The van der Waals surface area contributed by atoms with Gasteiger partial charge >= 0.3 is 0 Å². The number of hydrogen-bond donors (Lipinski definition) is 2. The molecule has 1 aliphatic rings. The number of nitrogens with zero attached hydrogens (tertiary/aromatic N) is 3. The van der Waals surface area contributed by atoms with Gasteiger partial charge in [0.15, 0.2) is 0 Å². The van der Waals surface area contributed by atoms with Gasteiger partial charge in [0, 0.05) is 24.2 Å². The summed E-state index contributed by atoms with van der Waals surface area (Å²) in [6.07, 6.45) is 6.35. The van der Waals surface area contributed by atoms with Gasteiger partial charge in [-0.3, -0.25) is 14.3 Å². The van der Waals surface area contributed by atoms with Gasteiger partial charge in [-0.25, -0.2) is 9.37 Å². The number of ether oxygens (including phenoxy) is 1. The fraction of sp³-hybridized carbons (Fsp3) is 0.321. The average molecular weight is 569 g/mol. The van der Waals surface area contributed by atoms with Crippen molar-refractivity contribution in [3.63, 3.8) is 0 Å². The Bertz CT molecular complexity index is 1490. The van der Waals surface area contributed by atoms with Crippen LogP contribution in [0.2, 0.25) is 0 Å². The number of nitrogens with one attached hydrogen (secondary N) is 1. The predicted octanol–water partition coefficient (Wildman–Crippen LogP) is 5.32. The van der Waals surface area contributed by atoms with Crippen molar-refractivity contribution in [2.75, 3.05) is 6.61 Å². The first-order valence-electron chi connectivity index (χ1n) is 11.8. The highest BCUT2D eigenvalue weighted by atomic mass is 79.9. The topological polar surface area (TPSA) is 89.3 Å². The minimum Gasteiger partial charge on any atom is -0.486 e. The molecule has 0 saturated carbocycles. The zero-order chi connectivity index (χ0) is 27.1. The van der Waals surface area contributed by atoms with E-state index in [1.165, 1.54) is 6.08 Å². The first-order chi connectivity index (χ1) is 17.3. The zero-order valence-corrected chi connectivity index (χ0v) is 23.3. The van der Waals surface area contributed by atoms with E-state index in [4.69, 9.17) is 4.74 Å². The molecular formula is C28H30BrFN4O3. The van der Waals surface area contributed by atoms with E-state index >= 15 is 4.39 Å². The number of hydrogen-bond acceptors (Lipinski definition) is 6. The second-order valence-electron chi connectivity index (χ2n) is 9.90. The van der Waals surface area contributed by atoms with Crippen LogP contribution in [0.25, 0.3) is 17.1 Å². The van der Waals surface area contributed by atoms with Gasteiger partial charge in [-0.2, -0.15) is 0 Å². The number of pyridine rings is 3. The summed E-state index contributed by atoms with van der Waals surface area (Å²) in [7, 11) is 0. The van der Waals surface area contributed by atoms with Gasteiger partial charge in [0.1, 0.15) is 22.4 Å². The molecule has 0 amide bonds. The predicted molar refractivity (Wildman–Crippen MR) is 146 cm³/mol. The summed E-state index contributed by atoms with van der Waals surface area (Å²) in [4.78, 5) is 22.7. The minimum atomic E-state index is -1.87. The van der Waals surface area contributed by atoms with Crippen molar-refractivity contribution in [2.45, 2.75) is 52.9 Å². The molecule has 7 nitrogen and oxygen atoms in total. The van der Waals surface area contributed by atoms with Gasteiger partial charge in [-0.05, 0) is 92.4 Å². The molecule has 3 aromatic heterocycles. The summed E-state index contributed by atoms with van der Waals surface area (Å²) < 4.78 is 22.5. The quantitative estimate of drug-likeness (QED) is 0.391. The first-order valence-corrected chi connectivity index (χ1v) is 12.6. The van der Waals surface area contributed by atoms with Crippen LogP contribution >= 0.6 is 15.9 Å². The van der Waals surface area contributed by atoms with E-state index in [1.54, 1.807) is 55.9 Å². The standard InChI is InChI=1S/C28H30BrFN4O3/c1-16-9-10-28(30,32-13-16)15-37-22-11-19(4)34(26(35)24(22)29)21-12-20(31-14-18(21)3)25-17(2)7-8-23(33-25)27(5,6)36/h7-14,32,36H,15H2,1-6H3. The molecule has 0 fully saturated rings. The van der Waals surface area contributed by atoms with Crippen molar-refractivity contribution in [1.29, 1.82) is 0 Å². The van der Waals surface area contributed by atoms with Crippen molar-refractivity contribution in [2.24, 2.45) is 0 Å². The number of dihydropyridines is 1. The fourth-order valence-electron chi connectivity index (χ4n) is 3.96. The van der Waals surface area contributed by atoms with E-state index < -0.39 is 11.4 Å². The van der Waals surface area contributed by atoms with Crippen LogP contribution < -0.4 is 15.6 Å². The van der Waals surface area contributed by atoms with Crippen LogP contribution in [0.3, 0.4) is 0 Å². The molecule has 2 N–H and O–H groups in total. The average Bonchev–Trinajstić information content (AvgIpc) is 2.83. The number of allylic oxidation sites excluding steroid dienone is 2. The lowest BCUT2D eigenvalue weighted by molar-refractivity contribution is 0.0739. The molecule has 1 atom stereocenters. The van der Waals surface area contributed by atoms with Crippen molar-refractivity contribution in [3.8, 4) is 22.8 Å². The molecular weight excluding hydrogens is 539 g/mol. The molecule has 4 heterocycles. The van der Waals surface area contributed by atoms with E-state index in [-0.39, 0.29) is 22.4 Å².